The van der Waals surface area contributed by atoms with Crippen LogP contribution in [0.25, 0.3) is 0 Å². The zero-order valence-electron chi connectivity index (χ0n) is 12.9. The van der Waals surface area contributed by atoms with Crippen LogP contribution < -0.4 is 10.6 Å². The van der Waals surface area contributed by atoms with E-state index in [9.17, 15) is 9.18 Å². The first-order valence-electron chi connectivity index (χ1n) is 7.48. The fraction of sp³-hybridized carbons (Fsp3) is 0.278. The second-order valence-electron chi connectivity index (χ2n) is 5.33. The lowest BCUT2D eigenvalue weighted by atomic mass is 9.97. The summed E-state index contributed by atoms with van der Waals surface area (Å²) in [5, 5.41) is 5.61. The summed E-state index contributed by atoms with van der Waals surface area (Å²) in [5.41, 5.74) is 2.66. The quantitative estimate of drug-likeness (QED) is 0.828. The molecule has 0 saturated carbocycles. The van der Waals surface area contributed by atoms with Gasteiger partial charge in [-0.15, -0.1) is 0 Å². The van der Waals surface area contributed by atoms with Crippen LogP contribution in [0.3, 0.4) is 0 Å². The molecule has 4 heteroatoms. The second-order valence-corrected chi connectivity index (χ2v) is 5.33. The maximum Gasteiger partial charge on any atom is 0.319 e. The van der Waals surface area contributed by atoms with Gasteiger partial charge in [-0.3, -0.25) is 0 Å². The summed E-state index contributed by atoms with van der Waals surface area (Å²) in [5.74, 6) is 0.0709. The first-order valence-corrected chi connectivity index (χ1v) is 7.48. The summed E-state index contributed by atoms with van der Waals surface area (Å²) in [6, 6.07) is 13.7. The van der Waals surface area contributed by atoms with Gasteiger partial charge in [0.25, 0.3) is 0 Å². The van der Waals surface area contributed by atoms with Crippen molar-refractivity contribution in [3.8, 4) is 0 Å². The van der Waals surface area contributed by atoms with E-state index in [1.165, 1.54) is 12.1 Å². The molecule has 2 N–H and O–H groups in total. The largest absolute Gasteiger partial charge is 0.334 e. The van der Waals surface area contributed by atoms with Gasteiger partial charge in [0.1, 0.15) is 5.82 Å². The van der Waals surface area contributed by atoms with E-state index in [0.29, 0.717) is 5.92 Å². The van der Waals surface area contributed by atoms with Crippen LogP contribution in [0.2, 0.25) is 0 Å². The molecular weight excluding hydrogens is 279 g/mol. The maximum atomic E-state index is 13.1. The van der Waals surface area contributed by atoms with Crippen molar-refractivity contribution < 1.29 is 9.18 Å². The Morgan fingerprint density at radius 1 is 1.18 bits per heavy atom. The Balaban J connectivity index is 1.98. The minimum atomic E-state index is -0.304. The van der Waals surface area contributed by atoms with Gasteiger partial charge in [-0.05, 0) is 41.7 Å². The predicted molar refractivity (Wildman–Crippen MR) is 87.4 cm³/mol. The summed E-state index contributed by atoms with van der Waals surface area (Å²) in [7, 11) is 0. The van der Waals surface area contributed by atoms with E-state index >= 15 is 0 Å². The third-order valence-electron chi connectivity index (χ3n) is 3.69. The van der Waals surface area contributed by atoms with Crippen LogP contribution in [0.15, 0.2) is 48.5 Å². The molecule has 0 aliphatic carbocycles. The monoisotopic (exact) mass is 300 g/mol. The van der Waals surface area contributed by atoms with Crippen LogP contribution in [-0.4, -0.2) is 6.03 Å². The molecule has 0 aliphatic rings. The van der Waals surface area contributed by atoms with Crippen LogP contribution >= 0.6 is 0 Å². The smallest absolute Gasteiger partial charge is 0.319 e. The molecule has 0 radical (unpaired) electrons. The van der Waals surface area contributed by atoms with Gasteiger partial charge in [0.05, 0.1) is 0 Å². The molecule has 116 valence electrons. The Kier molecular flexibility index (Phi) is 5.53. The topological polar surface area (TPSA) is 41.1 Å². The average molecular weight is 300 g/mol. The van der Waals surface area contributed by atoms with Crippen LogP contribution in [0.4, 0.5) is 14.9 Å². The summed E-state index contributed by atoms with van der Waals surface area (Å²) >= 11 is 0. The highest BCUT2D eigenvalue weighted by Gasteiger charge is 2.10. The molecule has 0 fully saturated rings. The van der Waals surface area contributed by atoms with Crippen molar-refractivity contribution in [2.75, 3.05) is 5.32 Å². The van der Waals surface area contributed by atoms with Gasteiger partial charge < -0.3 is 10.6 Å². The number of nitrogens with one attached hydrogen (secondary N) is 2. The van der Waals surface area contributed by atoms with Crippen molar-refractivity contribution in [3.63, 3.8) is 0 Å². The predicted octanol–water partition coefficient (Wildman–Crippen LogP) is 4.66. The van der Waals surface area contributed by atoms with Gasteiger partial charge in [0.15, 0.2) is 0 Å². The van der Waals surface area contributed by atoms with Crippen LogP contribution in [-0.2, 0) is 6.54 Å². The Morgan fingerprint density at radius 2 is 1.95 bits per heavy atom. The van der Waals surface area contributed by atoms with Gasteiger partial charge in [-0.2, -0.15) is 0 Å². The summed E-state index contributed by atoms with van der Waals surface area (Å²) < 4.78 is 13.1. The molecule has 0 saturated heterocycles. The fourth-order valence-corrected chi connectivity index (χ4v) is 2.26. The van der Waals surface area contributed by atoms with Crippen LogP contribution in [0, 0.1) is 5.82 Å². The molecule has 2 aromatic rings. The Bertz CT molecular complexity index is 642. The van der Waals surface area contributed by atoms with E-state index < -0.39 is 0 Å². The second kappa shape index (κ2) is 7.59. The van der Waals surface area contributed by atoms with E-state index in [0.717, 1.165) is 23.2 Å². The number of carbonyl (C=O) groups excluding carboxylic acids is 1. The van der Waals surface area contributed by atoms with Crippen molar-refractivity contribution in [3.05, 3.63) is 65.5 Å². The number of benzene rings is 2. The van der Waals surface area contributed by atoms with E-state index in [1.54, 1.807) is 12.1 Å². The molecule has 22 heavy (non-hydrogen) atoms. The molecule has 0 aliphatic heterocycles. The van der Waals surface area contributed by atoms with Gasteiger partial charge >= 0.3 is 6.03 Å². The number of hydrogen-bond donors (Lipinski definition) is 2. The van der Waals surface area contributed by atoms with Gasteiger partial charge in [0.2, 0.25) is 0 Å². The van der Waals surface area contributed by atoms with Crippen LogP contribution in [0.5, 0.6) is 0 Å². The van der Waals surface area contributed by atoms with Gasteiger partial charge in [-0.1, -0.05) is 44.2 Å². The highest BCUT2D eigenvalue weighted by molar-refractivity contribution is 5.90. The SMILES string of the molecule is CCC(C)c1ccccc1NC(=O)NCc1cccc(F)c1. The third-order valence-corrected chi connectivity index (χ3v) is 3.69. The molecule has 1 unspecified atom stereocenters. The average Bonchev–Trinajstić information content (AvgIpc) is 2.53. The Morgan fingerprint density at radius 3 is 2.68 bits per heavy atom. The molecule has 1 atom stereocenters. The zero-order valence-corrected chi connectivity index (χ0v) is 12.9. The number of carbonyl (C=O) groups is 1. The van der Waals surface area contributed by atoms with Crippen molar-refractivity contribution in [2.24, 2.45) is 0 Å². The number of hydrogen-bond acceptors (Lipinski definition) is 1. The molecule has 2 aromatic carbocycles. The van der Waals surface area contributed by atoms with Crippen LogP contribution in [0.1, 0.15) is 37.3 Å². The van der Waals surface area contributed by atoms with E-state index in [1.807, 2.05) is 24.3 Å². The minimum absolute atomic E-state index is 0.287. The molecule has 2 rings (SSSR count). The number of anilines is 1. The Hall–Kier alpha value is -2.36. The number of halogens is 1. The molecule has 0 bridgehead atoms. The first kappa shape index (κ1) is 16.0. The third kappa shape index (κ3) is 4.32. The summed E-state index contributed by atoms with van der Waals surface area (Å²) in [6.07, 6.45) is 1.00. The lowest BCUT2D eigenvalue weighted by Gasteiger charge is -2.16. The number of urea groups is 1. The molecule has 0 heterocycles. The highest BCUT2D eigenvalue weighted by Crippen LogP contribution is 2.26. The number of amides is 2. The minimum Gasteiger partial charge on any atom is -0.334 e. The highest BCUT2D eigenvalue weighted by atomic mass is 19.1. The van der Waals surface area contributed by atoms with Crippen molar-refractivity contribution >= 4 is 11.7 Å². The Labute approximate surface area is 130 Å². The number of rotatable bonds is 5. The molecule has 0 aromatic heterocycles. The lowest BCUT2D eigenvalue weighted by Crippen LogP contribution is -2.28. The molecular formula is C18H21FN2O. The first-order chi connectivity index (χ1) is 10.6. The molecule has 2 amide bonds. The van der Waals surface area contributed by atoms with E-state index in [-0.39, 0.29) is 18.4 Å². The maximum absolute atomic E-state index is 13.1. The van der Waals surface area contributed by atoms with Gasteiger partial charge in [-0.25, -0.2) is 9.18 Å². The van der Waals surface area contributed by atoms with Crippen molar-refractivity contribution in [2.45, 2.75) is 32.7 Å². The van der Waals surface area contributed by atoms with Crippen molar-refractivity contribution in [1.29, 1.82) is 0 Å². The van der Waals surface area contributed by atoms with E-state index in [2.05, 4.69) is 24.5 Å². The standard InChI is InChI=1S/C18H21FN2O/c1-3-13(2)16-9-4-5-10-17(16)21-18(22)20-12-14-7-6-8-15(19)11-14/h4-11,13H,3,12H2,1-2H3,(H2,20,21,22). The zero-order chi connectivity index (χ0) is 15.9. The number of para-hydroxylation sites is 1. The normalized spacial score (nSPS) is 11.8. The van der Waals surface area contributed by atoms with Crippen molar-refractivity contribution in [1.82, 2.24) is 5.32 Å². The summed E-state index contributed by atoms with van der Waals surface area (Å²) in [6.45, 7) is 4.53. The van der Waals surface area contributed by atoms with Gasteiger partial charge in [0, 0.05) is 12.2 Å². The van der Waals surface area contributed by atoms with E-state index in [4.69, 9.17) is 0 Å². The lowest BCUT2D eigenvalue weighted by molar-refractivity contribution is 0.251. The molecule has 0 spiro atoms. The fourth-order valence-electron chi connectivity index (χ4n) is 2.26. The summed E-state index contributed by atoms with van der Waals surface area (Å²) in [4.78, 5) is 12.0. The molecule has 3 nitrogen and oxygen atoms in total.